The number of carbonyl (C=O) groups excluding carboxylic acids is 2. The molecule has 224 valence electrons. The Kier molecular flexibility index (Phi) is 16.6. The summed E-state index contributed by atoms with van der Waals surface area (Å²) < 4.78 is 8.15. The van der Waals surface area contributed by atoms with Crippen molar-refractivity contribution in [3.05, 3.63) is 75.7 Å². The normalized spacial score (nSPS) is 10.7. The summed E-state index contributed by atoms with van der Waals surface area (Å²) in [5.41, 5.74) is 2.78. The quantitative estimate of drug-likeness (QED) is 0.100. The number of hydrogen-bond donors (Lipinski definition) is 1. The number of nitrogens with one attached hydrogen (secondary N) is 1. The molecule has 0 spiro atoms. The van der Waals surface area contributed by atoms with Gasteiger partial charge in [0.25, 0.3) is 5.91 Å². The van der Waals surface area contributed by atoms with Crippen molar-refractivity contribution in [3.63, 3.8) is 0 Å². The Hall–Kier alpha value is -2.51. The zero-order chi connectivity index (χ0) is 28.6. The van der Waals surface area contributed by atoms with E-state index < -0.39 is 0 Å². The topological polar surface area (TPSA) is 59.3 Å². The van der Waals surface area contributed by atoms with Crippen molar-refractivity contribution in [2.75, 3.05) is 11.9 Å². The van der Waals surface area contributed by atoms with Crippen molar-refractivity contribution in [2.45, 2.75) is 104 Å². The first-order chi connectivity index (χ1) is 19.5. The highest BCUT2D eigenvalue weighted by Gasteiger charge is 2.15. The first-order valence-corrected chi connectivity index (χ1v) is 16.0. The van der Waals surface area contributed by atoms with Gasteiger partial charge in [-0.25, -0.2) is 0 Å². The van der Waals surface area contributed by atoms with Gasteiger partial charge in [-0.15, -0.1) is 0 Å². The highest BCUT2D eigenvalue weighted by Crippen LogP contribution is 2.23. The molecule has 41 heavy (non-hydrogen) atoms. The van der Waals surface area contributed by atoms with Crippen LogP contribution < -0.4 is 31.6 Å². The van der Waals surface area contributed by atoms with Crippen LogP contribution in [0.3, 0.4) is 0 Å². The van der Waals surface area contributed by atoms with Crippen LogP contribution in [0.2, 0.25) is 0 Å². The lowest BCUT2D eigenvalue weighted by atomic mass is 10.1. The summed E-state index contributed by atoms with van der Waals surface area (Å²) >= 11 is 1.72. The zero-order valence-corrected chi connectivity index (χ0v) is 27.5. The molecule has 0 bridgehead atoms. The van der Waals surface area contributed by atoms with Crippen molar-refractivity contribution in [1.29, 1.82) is 0 Å². The Balaban J connectivity index is 0.00000588. The van der Waals surface area contributed by atoms with E-state index in [1.807, 2.05) is 24.3 Å². The molecular weight excluding hydrogens is 596 g/mol. The van der Waals surface area contributed by atoms with Crippen LogP contribution in [0, 0.1) is 6.92 Å². The average Bonchev–Trinajstić information content (AvgIpc) is 3.36. The molecular formula is C34H47BrN2O3S. The van der Waals surface area contributed by atoms with Crippen LogP contribution in [-0.4, -0.2) is 18.3 Å². The van der Waals surface area contributed by atoms with E-state index in [4.69, 9.17) is 4.74 Å². The molecule has 5 nitrogen and oxygen atoms in total. The molecule has 7 heteroatoms. The summed E-state index contributed by atoms with van der Waals surface area (Å²) in [4.78, 5) is 25.2. The van der Waals surface area contributed by atoms with E-state index in [9.17, 15) is 9.59 Å². The van der Waals surface area contributed by atoms with Crippen molar-refractivity contribution in [3.8, 4) is 5.75 Å². The number of benzene rings is 2. The number of carbonyl (C=O) groups is 2. The molecule has 0 aliphatic heterocycles. The lowest BCUT2D eigenvalue weighted by Crippen LogP contribution is -3.00. The minimum atomic E-state index is -0.245. The number of hydrogen-bond acceptors (Lipinski definition) is 4. The van der Waals surface area contributed by atoms with Gasteiger partial charge in [0.05, 0.1) is 17.6 Å². The molecule has 2 aromatic carbocycles. The van der Waals surface area contributed by atoms with E-state index in [1.165, 1.54) is 76.1 Å². The van der Waals surface area contributed by atoms with Crippen LogP contribution >= 0.6 is 11.3 Å². The largest absolute Gasteiger partial charge is 1.00 e. The van der Waals surface area contributed by atoms with E-state index in [1.54, 1.807) is 29.5 Å². The third-order valence-electron chi connectivity index (χ3n) is 7.33. The van der Waals surface area contributed by atoms with Gasteiger partial charge in [-0.3, -0.25) is 9.59 Å². The van der Waals surface area contributed by atoms with E-state index in [0.717, 1.165) is 30.6 Å². The molecule has 1 heterocycles. The second-order valence-corrected chi connectivity index (χ2v) is 11.8. The second kappa shape index (κ2) is 19.6. The summed E-state index contributed by atoms with van der Waals surface area (Å²) in [6.07, 6.45) is 17.6. The molecule has 0 saturated carbocycles. The van der Waals surface area contributed by atoms with Crippen LogP contribution in [0.4, 0.5) is 5.69 Å². The lowest BCUT2D eigenvalue weighted by molar-refractivity contribution is -0.689. The Bertz CT molecular complexity index is 1190. The number of unbranched alkanes of at least 4 members (excludes halogenated alkanes) is 11. The third kappa shape index (κ3) is 12.5. The third-order valence-corrected chi connectivity index (χ3v) is 8.16. The lowest BCUT2D eigenvalue weighted by Gasteiger charge is -2.12. The fourth-order valence-corrected chi connectivity index (χ4v) is 5.50. The van der Waals surface area contributed by atoms with Crippen LogP contribution in [0.15, 0.2) is 54.0 Å². The van der Waals surface area contributed by atoms with Gasteiger partial charge in [-0.1, -0.05) is 101 Å². The number of aromatic nitrogens is 1. The number of ether oxygens (including phenoxy) is 1. The summed E-state index contributed by atoms with van der Waals surface area (Å²) in [6, 6.07) is 13.0. The number of rotatable bonds is 19. The molecule has 0 atom stereocenters. The summed E-state index contributed by atoms with van der Waals surface area (Å²) in [5.74, 6) is 0.202. The van der Waals surface area contributed by atoms with Crippen LogP contribution in [0.1, 0.15) is 122 Å². The first-order valence-electron chi connectivity index (χ1n) is 15.1. The van der Waals surface area contributed by atoms with Crippen LogP contribution in [0.25, 0.3) is 0 Å². The predicted molar refractivity (Wildman–Crippen MR) is 166 cm³/mol. The molecule has 1 aromatic heterocycles. The molecule has 0 aliphatic carbocycles. The number of thiazole rings is 1. The van der Waals surface area contributed by atoms with Gasteiger partial charge < -0.3 is 27.0 Å². The number of nitrogens with zero attached hydrogens (tertiary/aromatic N) is 1. The van der Waals surface area contributed by atoms with Crippen LogP contribution in [-0.2, 0) is 6.54 Å². The summed E-state index contributed by atoms with van der Waals surface area (Å²) in [5, 5.41) is 6.27. The molecule has 0 fully saturated rings. The maximum Gasteiger partial charge on any atom is 0.255 e. The van der Waals surface area contributed by atoms with E-state index in [2.05, 4.69) is 35.3 Å². The number of anilines is 1. The molecule has 1 amide bonds. The average molecular weight is 644 g/mol. The molecule has 0 unspecified atom stereocenters. The first kappa shape index (κ1) is 34.7. The molecule has 0 radical (unpaired) electrons. The summed E-state index contributed by atoms with van der Waals surface area (Å²) in [7, 11) is 0. The maximum absolute atomic E-state index is 12.9. The number of amides is 1. The smallest absolute Gasteiger partial charge is 0.255 e. The van der Waals surface area contributed by atoms with Crippen molar-refractivity contribution in [1.82, 2.24) is 0 Å². The molecule has 3 rings (SSSR count). The minimum absolute atomic E-state index is 0. The molecule has 0 aliphatic rings. The van der Waals surface area contributed by atoms with Crippen molar-refractivity contribution >= 4 is 28.7 Å². The van der Waals surface area contributed by atoms with E-state index >= 15 is 0 Å². The standard InChI is InChI=1S/C34H46N2O3S.BrH/c1-4-5-6-7-8-9-10-11-12-13-14-15-23-39-33-21-18-30(25-32(33)27(2)37)34(38)35-31-19-16-29(17-20-31)26-36-22-24-40-28(36)3;/h16-22,24-25H,4-15,23,26H2,1-3H3;1H. The highest BCUT2D eigenvalue weighted by atomic mass is 79.9. The molecule has 3 aromatic rings. The molecule has 1 N–H and O–H groups in total. The van der Waals surface area contributed by atoms with E-state index in [0.29, 0.717) is 23.5 Å². The fourth-order valence-electron chi connectivity index (χ4n) is 4.83. The van der Waals surface area contributed by atoms with Crippen molar-refractivity contribution in [2.24, 2.45) is 0 Å². The van der Waals surface area contributed by atoms with Gasteiger partial charge in [-0.2, -0.15) is 4.57 Å². The summed E-state index contributed by atoms with van der Waals surface area (Å²) in [6.45, 7) is 7.26. The zero-order valence-electron chi connectivity index (χ0n) is 25.1. The minimum Gasteiger partial charge on any atom is -1.00 e. The monoisotopic (exact) mass is 642 g/mol. The maximum atomic E-state index is 12.9. The van der Waals surface area contributed by atoms with Gasteiger partial charge >= 0.3 is 0 Å². The van der Waals surface area contributed by atoms with E-state index in [-0.39, 0.29) is 28.7 Å². The highest BCUT2D eigenvalue weighted by molar-refractivity contribution is 7.09. The van der Waals surface area contributed by atoms with Gasteiger partial charge in [0.1, 0.15) is 5.75 Å². The second-order valence-electron chi connectivity index (χ2n) is 10.7. The van der Waals surface area contributed by atoms with Gasteiger partial charge in [-0.05, 0) is 43.7 Å². The Morgan fingerprint density at radius 3 is 2.02 bits per heavy atom. The van der Waals surface area contributed by atoms with Gasteiger partial charge in [0.15, 0.2) is 18.5 Å². The van der Waals surface area contributed by atoms with Crippen molar-refractivity contribution < 1.29 is 35.9 Å². The predicted octanol–water partition coefficient (Wildman–Crippen LogP) is 5.93. The van der Waals surface area contributed by atoms with Gasteiger partial charge in [0, 0.05) is 23.7 Å². The Labute approximate surface area is 261 Å². The van der Waals surface area contributed by atoms with Gasteiger partial charge in [0.2, 0.25) is 5.01 Å². The Morgan fingerprint density at radius 2 is 1.46 bits per heavy atom. The van der Waals surface area contributed by atoms with Crippen LogP contribution in [0.5, 0.6) is 5.75 Å². The SMILES string of the molecule is CCCCCCCCCCCCCCOc1ccc(C(=O)Nc2ccc(C[n+]3ccsc3C)cc2)cc1C(C)=O.[Br-]. The number of halogens is 1. The number of aryl methyl sites for hydroxylation is 1. The number of Topliss-reactive ketones (excluding diaryl/α,β-unsaturated/α-hetero) is 1. The molecule has 0 saturated heterocycles. The Morgan fingerprint density at radius 1 is 0.854 bits per heavy atom. The fraction of sp³-hybridized carbons (Fsp3) is 0.500. The number of ketones is 1.